The van der Waals surface area contributed by atoms with Crippen LogP contribution in [0.15, 0.2) is 42.0 Å². The number of para-hydroxylation sites is 1. The zero-order valence-corrected chi connectivity index (χ0v) is 14.3. The van der Waals surface area contributed by atoms with E-state index in [0.29, 0.717) is 5.69 Å². The molecule has 6 nitrogen and oxygen atoms in total. The van der Waals surface area contributed by atoms with Crippen LogP contribution in [0.2, 0.25) is 5.02 Å². The smallest absolute Gasteiger partial charge is 0.270 e. The Bertz CT molecular complexity index is 909. The Morgan fingerprint density at radius 3 is 2.48 bits per heavy atom. The lowest BCUT2D eigenvalue weighted by Crippen LogP contribution is -2.15. The van der Waals surface area contributed by atoms with Gasteiger partial charge in [-0.05, 0) is 37.1 Å². The number of anilines is 1. The summed E-state index contributed by atoms with van der Waals surface area (Å²) in [5.41, 5.74) is 2.19. The number of aryl methyl sites for hydroxylation is 2. The van der Waals surface area contributed by atoms with Crippen LogP contribution in [0.1, 0.15) is 16.7 Å². The fourth-order valence-corrected chi connectivity index (χ4v) is 2.42. The number of rotatable bonds is 4. The Hall–Kier alpha value is -3.17. The second-order valence-corrected chi connectivity index (χ2v) is 5.76. The molecule has 0 saturated heterocycles. The van der Waals surface area contributed by atoms with Crippen molar-refractivity contribution in [3.05, 3.63) is 73.8 Å². The fourth-order valence-electron chi connectivity index (χ4n) is 2.25. The van der Waals surface area contributed by atoms with Gasteiger partial charge in [0.15, 0.2) is 0 Å². The molecule has 0 heterocycles. The lowest BCUT2D eigenvalue weighted by Gasteiger charge is -2.11. The summed E-state index contributed by atoms with van der Waals surface area (Å²) in [6.07, 6.45) is 1.23. The van der Waals surface area contributed by atoms with Crippen molar-refractivity contribution in [3.8, 4) is 6.07 Å². The summed E-state index contributed by atoms with van der Waals surface area (Å²) in [7, 11) is 0. The van der Waals surface area contributed by atoms with E-state index in [1.165, 1.54) is 24.3 Å². The van der Waals surface area contributed by atoms with Gasteiger partial charge in [0.05, 0.1) is 4.92 Å². The van der Waals surface area contributed by atoms with Crippen LogP contribution >= 0.6 is 11.6 Å². The van der Waals surface area contributed by atoms with E-state index in [1.54, 1.807) is 6.07 Å². The van der Waals surface area contributed by atoms with Crippen molar-refractivity contribution in [2.75, 3.05) is 5.32 Å². The molecule has 2 aromatic rings. The highest BCUT2D eigenvalue weighted by molar-refractivity contribution is 6.32. The van der Waals surface area contributed by atoms with Gasteiger partial charge in [-0.2, -0.15) is 5.26 Å². The molecule has 0 unspecified atom stereocenters. The number of nitrogens with zero attached hydrogens (tertiary/aromatic N) is 2. The van der Waals surface area contributed by atoms with E-state index in [1.807, 2.05) is 32.0 Å². The fraction of sp³-hybridized carbons (Fsp3) is 0.111. The number of carbonyl (C=O) groups excluding carboxylic acids is 1. The van der Waals surface area contributed by atoms with Gasteiger partial charge in [0, 0.05) is 28.4 Å². The predicted octanol–water partition coefficient (Wildman–Crippen LogP) is 4.41. The molecule has 126 valence electrons. The number of carbonyl (C=O) groups is 1. The number of nitro benzene ring substituents is 1. The summed E-state index contributed by atoms with van der Waals surface area (Å²) in [4.78, 5) is 22.7. The molecule has 0 atom stereocenters. The number of benzene rings is 2. The number of amides is 1. The Balaban J connectivity index is 2.38. The lowest BCUT2D eigenvalue weighted by molar-refractivity contribution is -0.384. The maximum atomic E-state index is 12.4. The Morgan fingerprint density at radius 2 is 1.92 bits per heavy atom. The number of non-ortho nitro benzene ring substituents is 1. The van der Waals surface area contributed by atoms with Crippen LogP contribution in [0.25, 0.3) is 6.08 Å². The highest BCUT2D eigenvalue weighted by atomic mass is 35.5. The number of nitrogens with one attached hydrogen (secondary N) is 1. The van der Waals surface area contributed by atoms with Crippen LogP contribution in [0, 0.1) is 35.3 Å². The van der Waals surface area contributed by atoms with Crippen LogP contribution in [0.3, 0.4) is 0 Å². The molecule has 0 spiro atoms. The van der Waals surface area contributed by atoms with E-state index in [2.05, 4.69) is 5.32 Å². The normalized spacial score (nSPS) is 10.9. The monoisotopic (exact) mass is 355 g/mol. The van der Waals surface area contributed by atoms with Crippen molar-refractivity contribution in [1.29, 1.82) is 5.26 Å². The second kappa shape index (κ2) is 7.60. The first-order valence-electron chi connectivity index (χ1n) is 7.26. The minimum Gasteiger partial charge on any atom is -0.321 e. The summed E-state index contributed by atoms with van der Waals surface area (Å²) in [6, 6.07) is 11.2. The summed E-state index contributed by atoms with van der Waals surface area (Å²) >= 11 is 6.01. The highest BCUT2D eigenvalue weighted by Gasteiger charge is 2.15. The first-order chi connectivity index (χ1) is 11.8. The molecule has 2 aromatic carbocycles. The molecule has 0 bridgehead atoms. The Kier molecular flexibility index (Phi) is 5.52. The number of halogens is 1. The van der Waals surface area contributed by atoms with Crippen molar-refractivity contribution in [2.24, 2.45) is 0 Å². The van der Waals surface area contributed by atoms with Crippen LogP contribution in [0.5, 0.6) is 0 Å². The van der Waals surface area contributed by atoms with Crippen molar-refractivity contribution in [3.63, 3.8) is 0 Å². The average molecular weight is 356 g/mol. The molecule has 1 amide bonds. The van der Waals surface area contributed by atoms with Crippen LogP contribution in [-0.4, -0.2) is 10.8 Å². The molecule has 0 fully saturated rings. The minimum absolute atomic E-state index is 0.178. The van der Waals surface area contributed by atoms with Gasteiger partial charge in [0.2, 0.25) is 0 Å². The maximum Gasteiger partial charge on any atom is 0.270 e. The molecule has 1 N–H and O–H groups in total. The number of hydrogen-bond donors (Lipinski definition) is 1. The minimum atomic E-state index is -0.609. The second-order valence-electron chi connectivity index (χ2n) is 5.35. The topological polar surface area (TPSA) is 96.0 Å². The van der Waals surface area contributed by atoms with Gasteiger partial charge in [0.25, 0.3) is 11.6 Å². The van der Waals surface area contributed by atoms with Crippen LogP contribution in [-0.2, 0) is 4.79 Å². The van der Waals surface area contributed by atoms with Crippen molar-refractivity contribution in [2.45, 2.75) is 13.8 Å². The van der Waals surface area contributed by atoms with Gasteiger partial charge in [-0.15, -0.1) is 0 Å². The summed E-state index contributed by atoms with van der Waals surface area (Å²) in [5, 5.41) is 23.1. The van der Waals surface area contributed by atoms with Crippen LogP contribution < -0.4 is 5.32 Å². The predicted molar refractivity (Wildman–Crippen MR) is 96.2 cm³/mol. The third-order valence-electron chi connectivity index (χ3n) is 3.57. The highest BCUT2D eigenvalue weighted by Crippen LogP contribution is 2.25. The average Bonchev–Trinajstić information content (AvgIpc) is 2.57. The van der Waals surface area contributed by atoms with Crippen molar-refractivity contribution in [1.82, 2.24) is 0 Å². The van der Waals surface area contributed by atoms with Gasteiger partial charge in [-0.25, -0.2) is 0 Å². The Labute approximate surface area is 149 Å². The zero-order valence-electron chi connectivity index (χ0n) is 13.5. The molecule has 7 heteroatoms. The lowest BCUT2D eigenvalue weighted by atomic mass is 10.1. The summed E-state index contributed by atoms with van der Waals surface area (Å²) in [6.45, 7) is 3.69. The van der Waals surface area contributed by atoms with Crippen LogP contribution in [0.4, 0.5) is 11.4 Å². The quantitative estimate of drug-likeness (QED) is 0.380. The van der Waals surface area contributed by atoms with E-state index >= 15 is 0 Å². The molecule has 25 heavy (non-hydrogen) atoms. The van der Waals surface area contributed by atoms with Gasteiger partial charge < -0.3 is 5.32 Å². The summed E-state index contributed by atoms with van der Waals surface area (Å²) < 4.78 is 0. The van der Waals surface area contributed by atoms with E-state index in [-0.39, 0.29) is 21.8 Å². The maximum absolute atomic E-state index is 12.4. The number of nitro groups is 1. The third kappa shape index (κ3) is 4.22. The van der Waals surface area contributed by atoms with Gasteiger partial charge in [0.1, 0.15) is 11.6 Å². The van der Waals surface area contributed by atoms with Gasteiger partial charge in [-0.3, -0.25) is 14.9 Å². The summed E-state index contributed by atoms with van der Waals surface area (Å²) in [5.74, 6) is -0.609. The zero-order chi connectivity index (χ0) is 18.6. The molecule has 0 radical (unpaired) electrons. The van der Waals surface area contributed by atoms with E-state index in [9.17, 15) is 20.2 Å². The third-order valence-corrected chi connectivity index (χ3v) is 3.92. The SMILES string of the molecule is Cc1cccc(C)c1NC(=O)/C(C#N)=C/c1cc([N+](=O)[O-])ccc1Cl. The van der Waals surface area contributed by atoms with E-state index < -0.39 is 10.8 Å². The molecular formula is C18H14ClN3O3. The van der Waals surface area contributed by atoms with Crippen molar-refractivity contribution < 1.29 is 9.72 Å². The Morgan fingerprint density at radius 1 is 1.28 bits per heavy atom. The van der Waals surface area contributed by atoms with Crippen molar-refractivity contribution >= 4 is 35.0 Å². The number of nitriles is 1. The van der Waals surface area contributed by atoms with E-state index in [4.69, 9.17) is 11.6 Å². The molecule has 0 aliphatic heterocycles. The molecule has 0 aliphatic rings. The van der Waals surface area contributed by atoms with Gasteiger partial charge >= 0.3 is 0 Å². The first-order valence-corrected chi connectivity index (χ1v) is 7.64. The standard InChI is InChI=1S/C18H14ClN3O3/c1-11-4-3-5-12(2)17(11)21-18(23)14(10-20)8-13-9-15(22(24)25)6-7-16(13)19/h3-9H,1-2H3,(H,21,23)/b14-8+. The molecule has 0 aliphatic carbocycles. The molecule has 2 rings (SSSR count). The van der Waals surface area contributed by atoms with E-state index in [0.717, 1.165) is 11.1 Å². The molecule has 0 aromatic heterocycles. The first kappa shape index (κ1) is 18.2. The molecular weight excluding hydrogens is 342 g/mol. The molecule has 0 saturated carbocycles. The number of hydrogen-bond acceptors (Lipinski definition) is 4. The van der Waals surface area contributed by atoms with Gasteiger partial charge in [-0.1, -0.05) is 29.8 Å². The largest absolute Gasteiger partial charge is 0.321 e.